The minimum atomic E-state index is -1.03. The van der Waals surface area contributed by atoms with Gasteiger partial charge in [0.1, 0.15) is 12.4 Å². The second-order valence-electron chi connectivity index (χ2n) is 6.36. The number of anilines is 2. The molecule has 3 N–H and O–H groups in total. The maximum Gasteiger partial charge on any atom is 0.335 e. The molecule has 0 saturated heterocycles. The molecule has 0 spiro atoms. The highest BCUT2D eigenvalue weighted by atomic mass is 16.5. The molecule has 8 nitrogen and oxygen atoms in total. The predicted molar refractivity (Wildman–Crippen MR) is 102 cm³/mol. The van der Waals surface area contributed by atoms with Gasteiger partial charge in [0.15, 0.2) is 0 Å². The maximum absolute atomic E-state index is 12.3. The molecule has 1 heterocycles. The van der Waals surface area contributed by atoms with Gasteiger partial charge in [-0.05, 0) is 35.4 Å². The number of fused-ring (bicyclic) bond motifs is 1. The smallest absolute Gasteiger partial charge is 0.335 e. The van der Waals surface area contributed by atoms with Crippen molar-refractivity contribution in [1.29, 1.82) is 0 Å². The quantitative estimate of drug-likeness (QED) is 0.705. The molecule has 2 amide bonds. The zero-order valence-corrected chi connectivity index (χ0v) is 15.4. The summed E-state index contributed by atoms with van der Waals surface area (Å²) in [6, 6.07) is 9.89. The summed E-state index contributed by atoms with van der Waals surface area (Å²) in [4.78, 5) is 35.4. The maximum atomic E-state index is 12.3. The van der Waals surface area contributed by atoms with E-state index in [1.54, 1.807) is 30.3 Å². The van der Waals surface area contributed by atoms with Gasteiger partial charge >= 0.3 is 5.97 Å². The van der Waals surface area contributed by atoms with Gasteiger partial charge < -0.3 is 25.2 Å². The van der Waals surface area contributed by atoms with E-state index in [1.165, 1.54) is 20.3 Å². The van der Waals surface area contributed by atoms with E-state index in [4.69, 9.17) is 9.47 Å². The van der Waals surface area contributed by atoms with Crippen LogP contribution in [0.15, 0.2) is 36.4 Å². The van der Waals surface area contributed by atoms with Gasteiger partial charge in [0.05, 0.1) is 18.4 Å². The third kappa shape index (κ3) is 3.96. The Labute approximate surface area is 161 Å². The van der Waals surface area contributed by atoms with Crippen molar-refractivity contribution < 1.29 is 29.0 Å². The third-order valence-corrected chi connectivity index (χ3v) is 4.50. The van der Waals surface area contributed by atoms with Crippen molar-refractivity contribution in [3.8, 4) is 5.75 Å². The number of aromatic carboxylic acids is 1. The molecule has 2 aromatic rings. The van der Waals surface area contributed by atoms with Gasteiger partial charge in [0, 0.05) is 25.1 Å². The molecule has 8 heteroatoms. The Morgan fingerprint density at radius 3 is 2.71 bits per heavy atom. The Hall–Kier alpha value is -3.39. The van der Waals surface area contributed by atoms with Crippen LogP contribution in [0, 0.1) is 0 Å². The van der Waals surface area contributed by atoms with Gasteiger partial charge in [0.25, 0.3) is 0 Å². The van der Waals surface area contributed by atoms with Gasteiger partial charge in [-0.1, -0.05) is 12.1 Å². The topological polar surface area (TPSA) is 114 Å². The van der Waals surface area contributed by atoms with Crippen molar-refractivity contribution in [2.24, 2.45) is 0 Å². The summed E-state index contributed by atoms with van der Waals surface area (Å²) in [5.41, 5.74) is 2.59. The molecule has 0 fully saturated rings. The van der Waals surface area contributed by atoms with Crippen LogP contribution in [0.5, 0.6) is 5.75 Å². The number of carbonyl (C=O) groups is 3. The Morgan fingerprint density at radius 2 is 2.04 bits per heavy atom. The van der Waals surface area contributed by atoms with Crippen LogP contribution < -0.4 is 15.4 Å². The van der Waals surface area contributed by atoms with Crippen LogP contribution in [-0.2, 0) is 14.3 Å². The van der Waals surface area contributed by atoms with Crippen LogP contribution >= 0.6 is 0 Å². The lowest BCUT2D eigenvalue weighted by molar-refractivity contribution is -0.119. The van der Waals surface area contributed by atoms with E-state index in [9.17, 15) is 19.5 Å². The number of ether oxygens (including phenoxy) is 2. The lowest BCUT2D eigenvalue weighted by Crippen LogP contribution is -2.24. The Bertz CT molecular complexity index is 940. The minimum absolute atomic E-state index is 0.114. The van der Waals surface area contributed by atoms with Crippen LogP contribution in [0.3, 0.4) is 0 Å². The lowest BCUT2D eigenvalue weighted by Gasteiger charge is -2.27. The molecule has 0 bridgehead atoms. The number of hydrogen-bond acceptors (Lipinski definition) is 5. The normalized spacial score (nSPS) is 15.4. The van der Waals surface area contributed by atoms with Crippen LogP contribution in [0.25, 0.3) is 0 Å². The average molecular weight is 384 g/mol. The molecule has 2 aromatic carbocycles. The van der Waals surface area contributed by atoms with Crippen molar-refractivity contribution in [3.63, 3.8) is 0 Å². The molecule has 3 rings (SSSR count). The lowest BCUT2D eigenvalue weighted by atomic mass is 9.84. The third-order valence-electron chi connectivity index (χ3n) is 4.50. The van der Waals surface area contributed by atoms with E-state index < -0.39 is 5.97 Å². The fourth-order valence-electron chi connectivity index (χ4n) is 3.26. The monoisotopic (exact) mass is 384 g/mol. The van der Waals surface area contributed by atoms with E-state index in [0.29, 0.717) is 22.7 Å². The number of methoxy groups -OCH3 is 2. The second kappa shape index (κ2) is 8.10. The first-order valence-corrected chi connectivity index (χ1v) is 8.56. The minimum Gasteiger partial charge on any atom is -0.495 e. The van der Waals surface area contributed by atoms with Gasteiger partial charge in [-0.15, -0.1) is 0 Å². The SMILES string of the molecule is COCC(=O)Nc1cc2c(cc1OC)C(c1cccc(C(=O)O)c1)CC(=O)N2. The Kier molecular flexibility index (Phi) is 5.60. The summed E-state index contributed by atoms with van der Waals surface area (Å²) in [5.74, 6) is -1.48. The zero-order valence-electron chi connectivity index (χ0n) is 15.4. The van der Waals surface area contributed by atoms with Crippen LogP contribution in [0.1, 0.15) is 33.8 Å². The van der Waals surface area contributed by atoms with Crippen molar-refractivity contribution in [2.75, 3.05) is 31.5 Å². The summed E-state index contributed by atoms with van der Waals surface area (Å²) in [7, 11) is 2.90. The molecule has 0 radical (unpaired) electrons. The standard InChI is InChI=1S/C20H20N2O6/c1-27-10-19(24)22-16-9-15-14(7-17(16)28-2)13(8-18(23)21-15)11-4-3-5-12(6-11)20(25)26/h3-7,9,13H,8,10H2,1-2H3,(H,21,23)(H,22,24)(H,25,26). The first-order chi connectivity index (χ1) is 13.4. The fourth-order valence-corrected chi connectivity index (χ4v) is 3.26. The number of hydrogen-bond donors (Lipinski definition) is 3. The highest BCUT2D eigenvalue weighted by molar-refractivity contribution is 5.99. The molecule has 146 valence electrons. The van der Waals surface area contributed by atoms with Crippen molar-refractivity contribution in [1.82, 2.24) is 0 Å². The summed E-state index contributed by atoms with van der Waals surface area (Å²) in [6.07, 6.45) is 0.175. The van der Waals surface area contributed by atoms with Gasteiger partial charge in [0.2, 0.25) is 11.8 Å². The molecule has 0 aromatic heterocycles. The first kappa shape index (κ1) is 19.4. The molecule has 1 unspecified atom stereocenters. The highest BCUT2D eigenvalue weighted by Gasteiger charge is 2.29. The molecule has 1 atom stereocenters. The van der Waals surface area contributed by atoms with Gasteiger partial charge in [-0.3, -0.25) is 9.59 Å². The molecule has 28 heavy (non-hydrogen) atoms. The number of rotatable bonds is 6. The number of nitrogens with one attached hydrogen (secondary N) is 2. The Morgan fingerprint density at radius 1 is 1.25 bits per heavy atom. The van der Waals surface area contributed by atoms with E-state index in [2.05, 4.69) is 10.6 Å². The molecule has 0 saturated carbocycles. The molecule has 1 aliphatic heterocycles. The average Bonchev–Trinajstić information content (AvgIpc) is 2.67. The highest BCUT2D eigenvalue weighted by Crippen LogP contribution is 2.42. The van der Waals surface area contributed by atoms with E-state index in [1.807, 2.05) is 0 Å². The fraction of sp³-hybridized carbons (Fsp3) is 0.250. The van der Waals surface area contributed by atoms with Gasteiger partial charge in [-0.25, -0.2) is 4.79 Å². The number of amides is 2. The molecular weight excluding hydrogens is 364 g/mol. The summed E-state index contributed by atoms with van der Waals surface area (Å²) >= 11 is 0. The summed E-state index contributed by atoms with van der Waals surface area (Å²) < 4.78 is 10.2. The largest absolute Gasteiger partial charge is 0.495 e. The van der Waals surface area contributed by atoms with Crippen LogP contribution in [0.2, 0.25) is 0 Å². The predicted octanol–water partition coefficient (Wildman–Crippen LogP) is 2.45. The number of carbonyl (C=O) groups excluding carboxylic acids is 2. The van der Waals surface area contributed by atoms with Crippen molar-refractivity contribution in [2.45, 2.75) is 12.3 Å². The summed E-state index contributed by atoms with van der Waals surface area (Å²) in [6.45, 7) is -0.114. The van der Waals surface area contributed by atoms with Crippen LogP contribution in [0.4, 0.5) is 11.4 Å². The van der Waals surface area contributed by atoms with E-state index >= 15 is 0 Å². The second-order valence-corrected chi connectivity index (χ2v) is 6.36. The number of benzene rings is 2. The number of carboxylic acid groups (broad SMARTS) is 1. The molecule has 0 aliphatic carbocycles. The first-order valence-electron chi connectivity index (χ1n) is 8.56. The molecule has 1 aliphatic rings. The van der Waals surface area contributed by atoms with E-state index in [-0.39, 0.29) is 36.3 Å². The van der Waals surface area contributed by atoms with Gasteiger partial charge in [-0.2, -0.15) is 0 Å². The Balaban J connectivity index is 2.04. The van der Waals surface area contributed by atoms with Crippen LogP contribution in [-0.4, -0.2) is 43.7 Å². The van der Waals surface area contributed by atoms with E-state index in [0.717, 1.165) is 5.56 Å². The van der Waals surface area contributed by atoms with Crippen molar-refractivity contribution >= 4 is 29.2 Å². The summed E-state index contributed by atoms with van der Waals surface area (Å²) in [5, 5.41) is 14.7. The van der Waals surface area contributed by atoms with Crippen molar-refractivity contribution in [3.05, 3.63) is 53.1 Å². The molecular formula is C20H20N2O6. The zero-order chi connectivity index (χ0) is 20.3. The number of carboxylic acids is 1.